The quantitative estimate of drug-likeness (QED) is 0.121. The van der Waals surface area contributed by atoms with Crippen molar-refractivity contribution in [3.63, 3.8) is 0 Å². The van der Waals surface area contributed by atoms with Gasteiger partial charge < -0.3 is 23.3 Å². The average Bonchev–Trinajstić information content (AvgIpc) is 3.53. The van der Waals surface area contributed by atoms with E-state index in [-0.39, 0.29) is 6.29 Å². The highest BCUT2D eigenvalue weighted by atomic mass is 28.3. The van der Waals surface area contributed by atoms with Gasteiger partial charge in [-0.3, -0.25) is 0 Å². The number of benzene rings is 3. The second-order valence-corrected chi connectivity index (χ2v) is 27.0. The molecule has 0 spiro atoms. The van der Waals surface area contributed by atoms with E-state index in [9.17, 15) is 0 Å². The van der Waals surface area contributed by atoms with Crippen molar-refractivity contribution in [3.05, 3.63) is 54.1 Å². The van der Waals surface area contributed by atoms with Crippen molar-refractivity contribution >= 4 is 60.9 Å². The first kappa shape index (κ1) is 39.3. The fraction of sp³-hybridized carbons (Fsp3) is 0.591. The molecule has 282 valence electrons. The van der Waals surface area contributed by atoms with Crippen LogP contribution in [0, 0.1) is 6.92 Å². The van der Waals surface area contributed by atoms with E-state index in [0.29, 0.717) is 0 Å². The molecule has 3 aromatic carbocycles. The lowest BCUT2D eigenvalue weighted by atomic mass is 9.77. The van der Waals surface area contributed by atoms with Crippen LogP contribution in [-0.4, -0.2) is 51.9 Å². The molecule has 0 amide bonds. The molecule has 2 aliphatic heterocycles. The highest BCUT2D eigenvalue weighted by Crippen LogP contribution is 2.41. The van der Waals surface area contributed by atoms with Crippen LogP contribution in [0.4, 0.5) is 0 Å². The first-order chi connectivity index (χ1) is 24.7. The van der Waals surface area contributed by atoms with E-state index in [0.717, 1.165) is 48.3 Å². The maximum absolute atomic E-state index is 7.11. The first-order valence-electron chi connectivity index (χ1n) is 20.6. The molecule has 0 N–H and O–H groups in total. The van der Waals surface area contributed by atoms with Gasteiger partial charge in [0.15, 0.2) is 6.29 Å². The van der Waals surface area contributed by atoms with Crippen LogP contribution in [0.25, 0.3) is 27.5 Å². The van der Waals surface area contributed by atoms with E-state index in [1.165, 1.54) is 71.7 Å². The number of aromatic nitrogens is 1. The lowest BCUT2D eigenvalue weighted by molar-refractivity contribution is -0.105. The smallest absolute Gasteiger partial charge is 0.463 e. The third-order valence-corrected chi connectivity index (χ3v) is 22.6. The Balaban J connectivity index is 1.69. The van der Waals surface area contributed by atoms with Gasteiger partial charge in [0, 0.05) is 22.7 Å². The van der Waals surface area contributed by atoms with Crippen LogP contribution in [0.3, 0.4) is 0 Å². The molecule has 52 heavy (non-hydrogen) atoms. The van der Waals surface area contributed by atoms with Gasteiger partial charge in [-0.05, 0) is 71.2 Å². The molecule has 2 fully saturated rings. The molecular weight excluding hydrogens is 673 g/mol. The van der Waals surface area contributed by atoms with Gasteiger partial charge in [0.1, 0.15) is 5.75 Å². The summed E-state index contributed by atoms with van der Waals surface area (Å²) in [5.74, 6) is 0.815. The fourth-order valence-corrected chi connectivity index (χ4v) is 17.2. The lowest BCUT2D eigenvalue weighted by Gasteiger charge is -2.32. The Morgan fingerprint density at radius 1 is 0.731 bits per heavy atom. The van der Waals surface area contributed by atoms with E-state index in [2.05, 4.69) is 129 Å². The van der Waals surface area contributed by atoms with Crippen LogP contribution in [0.2, 0.25) is 37.3 Å². The molecule has 1 aromatic heterocycles. The van der Waals surface area contributed by atoms with Gasteiger partial charge in [-0.25, -0.2) is 0 Å². The predicted molar refractivity (Wildman–Crippen MR) is 228 cm³/mol. The van der Waals surface area contributed by atoms with Gasteiger partial charge in [0.05, 0.1) is 50.7 Å². The highest BCUT2D eigenvalue weighted by molar-refractivity contribution is 6.91. The Kier molecular flexibility index (Phi) is 11.7. The van der Waals surface area contributed by atoms with E-state index in [1.54, 1.807) is 10.4 Å². The van der Waals surface area contributed by atoms with Crippen LogP contribution < -0.4 is 20.6 Å². The van der Waals surface area contributed by atoms with Crippen LogP contribution in [0.15, 0.2) is 48.5 Å². The van der Waals surface area contributed by atoms with Crippen molar-refractivity contribution in [1.29, 1.82) is 0 Å². The first-order valence-corrected chi connectivity index (χ1v) is 26.4. The minimum absolute atomic E-state index is 0.315. The third-order valence-electron chi connectivity index (χ3n) is 12.7. The van der Waals surface area contributed by atoms with E-state index >= 15 is 0 Å². The Labute approximate surface area is 317 Å². The maximum Gasteiger partial charge on any atom is 0.498 e. The number of hydrogen-bond donors (Lipinski definition) is 0. The Morgan fingerprint density at radius 2 is 1.23 bits per heavy atom. The second-order valence-electron chi connectivity index (χ2n) is 17.6. The molecular formula is C44H66BNO4Si2. The van der Waals surface area contributed by atoms with Crippen molar-refractivity contribution in [2.75, 3.05) is 6.61 Å². The number of rotatable bonds is 14. The zero-order valence-corrected chi connectivity index (χ0v) is 36.3. The number of ether oxygens (including phenoxy) is 2. The van der Waals surface area contributed by atoms with Crippen molar-refractivity contribution in [1.82, 2.24) is 4.57 Å². The minimum Gasteiger partial charge on any atom is -0.463 e. The monoisotopic (exact) mass is 739 g/mol. The largest absolute Gasteiger partial charge is 0.498 e. The van der Waals surface area contributed by atoms with E-state index < -0.39 is 34.5 Å². The summed E-state index contributed by atoms with van der Waals surface area (Å²) in [6.07, 6.45) is 7.60. The fourth-order valence-electron chi connectivity index (χ4n) is 9.22. The van der Waals surface area contributed by atoms with Crippen molar-refractivity contribution < 1.29 is 18.8 Å². The molecule has 0 saturated carbocycles. The Morgan fingerprint density at radius 3 is 1.67 bits per heavy atom. The molecule has 1 atom stereocenters. The number of fused-ring (bicyclic) bond motifs is 3. The summed E-state index contributed by atoms with van der Waals surface area (Å²) in [5.41, 5.74) is 4.74. The number of aryl methyl sites for hydroxylation is 1. The summed E-state index contributed by atoms with van der Waals surface area (Å²) >= 11 is 0. The summed E-state index contributed by atoms with van der Waals surface area (Å²) < 4.78 is 29.5. The highest BCUT2D eigenvalue weighted by Gasteiger charge is 2.53. The summed E-state index contributed by atoms with van der Waals surface area (Å²) in [4.78, 5) is 0. The third kappa shape index (κ3) is 7.36. The van der Waals surface area contributed by atoms with Crippen molar-refractivity contribution in [3.8, 4) is 11.4 Å². The molecule has 1 unspecified atom stereocenters. The summed E-state index contributed by atoms with van der Waals surface area (Å²) in [5, 5.41) is 5.73. The normalized spacial score (nSPS) is 19.2. The molecule has 6 rings (SSSR count). The van der Waals surface area contributed by atoms with Crippen molar-refractivity contribution in [2.24, 2.45) is 0 Å². The standard InChI is InChI=1S/C44H66BNO4Si2/c1-12-24-51(10,25-13-2)33-19-21-35-36-22-20-34(52(11,26-14-3)27-15-4)31-39(36)46(38(35)30-33)40-29-32(5)28-37(42(40)48-41-18-16-17-23-47-41)45-49-43(6,7)44(8,9)50-45/h19-22,28-31,41H,12-18,23-27H2,1-11H3. The van der Waals surface area contributed by atoms with Gasteiger partial charge in [0.25, 0.3) is 0 Å². The van der Waals surface area contributed by atoms with E-state index in [4.69, 9.17) is 18.8 Å². The van der Waals surface area contributed by atoms with Gasteiger partial charge in [-0.1, -0.05) is 131 Å². The van der Waals surface area contributed by atoms with Gasteiger partial charge in [-0.2, -0.15) is 0 Å². The molecule has 8 heteroatoms. The number of nitrogens with zero attached hydrogens (tertiary/aromatic N) is 1. The van der Waals surface area contributed by atoms with Crippen LogP contribution in [-0.2, 0) is 14.0 Å². The summed E-state index contributed by atoms with van der Waals surface area (Å²) in [6.45, 7) is 26.1. The van der Waals surface area contributed by atoms with Crippen molar-refractivity contribution in [2.45, 2.75) is 162 Å². The molecule has 5 nitrogen and oxygen atoms in total. The molecule has 3 heterocycles. The molecule has 2 aliphatic rings. The van der Waals surface area contributed by atoms with E-state index in [1.807, 2.05) is 0 Å². The Hall–Kier alpha value is -2.36. The van der Waals surface area contributed by atoms with Gasteiger partial charge in [-0.15, -0.1) is 0 Å². The molecule has 4 aromatic rings. The molecule has 0 radical (unpaired) electrons. The van der Waals surface area contributed by atoms with Gasteiger partial charge in [0.2, 0.25) is 0 Å². The van der Waals surface area contributed by atoms with Crippen LogP contribution >= 0.6 is 0 Å². The minimum atomic E-state index is -1.70. The SMILES string of the molecule is CCC[Si](C)(CCC)c1ccc2c3ccc([Si](C)(CCC)CCC)cc3n(-c3cc(C)cc(B4OC(C)(C)C(C)(C)O4)c3OC3CCCCO3)c2c1. The second kappa shape index (κ2) is 15.4. The summed E-state index contributed by atoms with van der Waals surface area (Å²) in [7, 11) is -3.96. The zero-order valence-electron chi connectivity index (χ0n) is 34.3. The van der Waals surface area contributed by atoms with Crippen LogP contribution in [0.5, 0.6) is 5.75 Å². The predicted octanol–water partition coefficient (Wildman–Crippen LogP) is 10.5. The molecule has 0 bridgehead atoms. The maximum atomic E-state index is 7.11. The Bertz CT molecular complexity index is 1770. The van der Waals surface area contributed by atoms with Crippen LogP contribution in [0.1, 0.15) is 106 Å². The topological polar surface area (TPSA) is 41.9 Å². The zero-order chi connectivity index (χ0) is 37.5. The lowest BCUT2D eigenvalue weighted by Crippen LogP contribution is -2.44. The molecule has 2 saturated heterocycles. The number of hydrogen-bond acceptors (Lipinski definition) is 4. The van der Waals surface area contributed by atoms with Gasteiger partial charge >= 0.3 is 7.12 Å². The molecule has 0 aliphatic carbocycles. The summed E-state index contributed by atoms with van der Waals surface area (Å²) in [6, 6.07) is 24.7. The average molecular weight is 740 g/mol.